The number of nitro benzene ring substituents is 1. The highest BCUT2D eigenvalue weighted by molar-refractivity contribution is 7.92. The van der Waals surface area contributed by atoms with Gasteiger partial charge >= 0.3 is 0 Å². The van der Waals surface area contributed by atoms with E-state index in [-0.39, 0.29) is 16.3 Å². The summed E-state index contributed by atoms with van der Waals surface area (Å²) in [6, 6.07) is 17.1. The van der Waals surface area contributed by atoms with Crippen molar-refractivity contribution in [1.29, 1.82) is 0 Å². The lowest BCUT2D eigenvalue weighted by Crippen LogP contribution is -2.39. The van der Waals surface area contributed by atoms with Crippen LogP contribution in [0.5, 0.6) is 5.75 Å². The first-order valence-electron chi connectivity index (χ1n) is 12.9. The van der Waals surface area contributed by atoms with Gasteiger partial charge in [0.25, 0.3) is 21.6 Å². The smallest absolute Gasteiger partial charge is 0.270 e. The van der Waals surface area contributed by atoms with Crippen LogP contribution >= 0.6 is 0 Å². The Balaban J connectivity index is 1.57. The van der Waals surface area contributed by atoms with E-state index < -0.39 is 27.4 Å². The summed E-state index contributed by atoms with van der Waals surface area (Å²) in [6.07, 6.45) is 1.31. The first-order valence-corrected chi connectivity index (χ1v) is 14.4. The Morgan fingerprint density at radius 2 is 1.80 bits per heavy atom. The first-order chi connectivity index (χ1) is 19.7. The van der Waals surface area contributed by atoms with Crippen LogP contribution in [0.25, 0.3) is 0 Å². The van der Waals surface area contributed by atoms with Gasteiger partial charge in [-0.1, -0.05) is 17.7 Å². The standard InChI is InChI=1S/C28H31N5O7S/c1-3-40-25-9-6-23(7-10-25)32(41(37,38)26-11-4-21(2)5-12-26)20-28(34)30-29-19-22-18-24(33(35)36)8-13-27(22)31-14-16-39-17-15-31/h4-13,18-19H,3,14-17,20H2,1-2H3,(H,30,34)/b29-19+. The van der Waals surface area contributed by atoms with Crippen LogP contribution in [0.1, 0.15) is 18.1 Å². The highest BCUT2D eigenvalue weighted by Crippen LogP contribution is 2.27. The predicted octanol–water partition coefficient (Wildman–Crippen LogP) is 3.48. The SMILES string of the molecule is CCOc1ccc(N(CC(=O)N/N=C/c2cc([N+](=O)[O-])ccc2N2CCOCC2)S(=O)(=O)c2ccc(C)cc2)cc1. The third-order valence-electron chi connectivity index (χ3n) is 6.30. The normalized spacial score (nSPS) is 13.7. The molecular formula is C28H31N5O7S. The summed E-state index contributed by atoms with van der Waals surface area (Å²) >= 11 is 0. The molecule has 0 unspecified atom stereocenters. The number of nitrogens with zero attached hydrogens (tertiary/aromatic N) is 4. The summed E-state index contributed by atoms with van der Waals surface area (Å²) in [5.74, 6) is -0.143. The third-order valence-corrected chi connectivity index (χ3v) is 8.09. The number of nitrogens with one attached hydrogen (secondary N) is 1. The second-order valence-electron chi connectivity index (χ2n) is 9.14. The van der Waals surface area contributed by atoms with Gasteiger partial charge in [-0.05, 0) is 56.3 Å². The fourth-order valence-corrected chi connectivity index (χ4v) is 5.64. The van der Waals surface area contributed by atoms with Crippen molar-refractivity contribution in [1.82, 2.24) is 5.43 Å². The molecule has 0 atom stereocenters. The van der Waals surface area contributed by atoms with E-state index in [0.717, 1.165) is 9.87 Å². The molecule has 0 radical (unpaired) electrons. The predicted molar refractivity (Wildman–Crippen MR) is 155 cm³/mol. The molecule has 0 bridgehead atoms. The average molecular weight is 582 g/mol. The molecule has 3 aromatic carbocycles. The van der Waals surface area contributed by atoms with Crippen molar-refractivity contribution in [2.45, 2.75) is 18.7 Å². The van der Waals surface area contributed by atoms with Gasteiger partial charge in [0.05, 0.1) is 41.5 Å². The largest absolute Gasteiger partial charge is 0.494 e. The fraction of sp³-hybridized carbons (Fsp3) is 0.286. The number of anilines is 2. The maximum atomic E-state index is 13.6. The Morgan fingerprint density at radius 1 is 1.12 bits per heavy atom. The summed E-state index contributed by atoms with van der Waals surface area (Å²) in [5, 5.41) is 15.4. The molecule has 0 spiro atoms. The topological polar surface area (TPSA) is 144 Å². The molecular weight excluding hydrogens is 550 g/mol. The van der Waals surface area contributed by atoms with Crippen molar-refractivity contribution in [3.8, 4) is 5.75 Å². The highest BCUT2D eigenvalue weighted by Gasteiger charge is 2.27. The highest BCUT2D eigenvalue weighted by atomic mass is 32.2. The third kappa shape index (κ3) is 7.38. The first kappa shape index (κ1) is 29.5. The van der Waals surface area contributed by atoms with E-state index in [4.69, 9.17) is 9.47 Å². The summed E-state index contributed by atoms with van der Waals surface area (Å²) in [6.45, 7) is 5.79. The molecule has 0 saturated carbocycles. The molecule has 1 amide bonds. The number of morpholine rings is 1. The lowest BCUT2D eigenvalue weighted by molar-refractivity contribution is -0.384. The molecule has 1 heterocycles. The number of carbonyl (C=O) groups is 1. The van der Waals surface area contributed by atoms with Crippen LogP contribution in [0.3, 0.4) is 0 Å². The number of rotatable bonds is 11. The lowest BCUT2D eigenvalue weighted by atomic mass is 10.1. The molecule has 216 valence electrons. The summed E-state index contributed by atoms with van der Waals surface area (Å²) in [5.41, 5.74) is 4.52. The van der Waals surface area contributed by atoms with Crippen LogP contribution < -0.4 is 19.4 Å². The van der Waals surface area contributed by atoms with E-state index >= 15 is 0 Å². The molecule has 4 rings (SSSR count). The Kier molecular flexibility index (Phi) is 9.53. The van der Waals surface area contributed by atoms with Gasteiger partial charge in [0.2, 0.25) is 0 Å². The zero-order chi connectivity index (χ0) is 29.4. The van der Waals surface area contributed by atoms with Crippen molar-refractivity contribution < 1.29 is 27.6 Å². The zero-order valence-corrected chi connectivity index (χ0v) is 23.5. The molecule has 1 saturated heterocycles. The maximum Gasteiger partial charge on any atom is 0.270 e. The molecule has 13 heteroatoms. The minimum atomic E-state index is -4.12. The fourth-order valence-electron chi connectivity index (χ4n) is 4.22. The monoisotopic (exact) mass is 581 g/mol. The van der Waals surface area contributed by atoms with Crippen LogP contribution in [0.15, 0.2) is 76.7 Å². The van der Waals surface area contributed by atoms with Gasteiger partial charge in [-0.15, -0.1) is 0 Å². The van der Waals surface area contributed by atoms with Gasteiger partial charge in [-0.3, -0.25) is 19.2 Å². The Hall–Kier alpha value is -4.49. The van der Waals surface area contributed by atoms with Crippen LogP contribution in [0.4, 0.5) is 17.1 Å². The van der Waals surface area contributed by atoms with Gasteiger partial charge in [-0.2, -0.15) is 5.10 Å². The molecule has 0 aromatic heterocycles. The number of amides is 1. The number of ether oxygens (including phenoxy) is 2. The van der Waals surface area contributed by atoms with Crippen molar-refractivity contribution in [2.24, 2.45) is 5.10 Å². The second kappa shape index (κ2) is 13.2. The maximum absolute atomic E-state index is 13.6. The van der Waals surface area contributed by atoms with Crippen LogP contribution in [0.2, 0.25) is 0 Å². The summed E-state index contributed by atoms with van der Waals surface area (Å²) in [4.78, 5) is 25.9. The number of nitro groups is 1. The second-order valence-corrected chi connectivity index (χ2v) is 11.0. The zero-order valence-electron chi connectivity index (χ0n) is 22.7. The van der Waals surface area contributed by atoms with Crippen LogP contribution in [-0.4, -0.2) is 64.9 Å². The Bertz CT molecular complexity index is 1500. The number of sulfonamides is 1. The van der Waals surface area contributed by atoms with Crippen molar-refractivity contribution in [3.05, 3.63) is 88.0 Å². The summed E-state index contributed by atoms with van der Waals surface area (Å²) in [7, 11) is -4.12. The summed E-state index contributed by atoms with van der Waals surface area (Å²) < 4.78 is 39.0. The number of hydrazone groups is 1. The number of hydrogen-bond donors (Lipinski definition) is 1. The molecule has 12 nitrogen and oxygen atoms in total. The molecule has 0 aliphatic carbocycles. The minimum Gasteiger partial charge on any atom is -0.494 e. The van der Waals surface area contributed by atoms with E-state index in [1.54, 1.807) is 42.5 Å². The number of benzene rings is 3. The van der Waals surface area contributed by atoms with Crippen molar-refractivity contribution in [3.63, 3.8) is 0 Å². The number of aryl methyl sites for hydroxylation is 1. The van der Waals surface area contributed by atoms with Gasteiger partial charge < -0.3 is 14.4 Å². The van der Waals surface area contributed by atoms with Crippen LogP contribution in [0, 0.1) is 17.0 Å². The Morgan fingerprint density at radius 3 is 2.44 bits per heavy atom. The Labute approximate surface area is 238 Å². The van der Waals surface area contributed by atoms with Crippen molar-refractivity contribution >= 4 is 39.2 Å². The van der Waals surface area contributed by atoms with Gasteiger partial charge in [-0.25, -0.2) is 13.8 Å². The number of hydrogen-bond acceptors (Lipinski definition) is 9. The van der Waals surface area contributed by atoms with E-state index in [2.05, 4.69) is 10.5 Å². The van der Waals surface area contributed by atoms with Gasteiger partial charge in [0, 0.05) is 36.5 Å². The van der Waals surface area contributed by atoms with E-state index in [9.17, 15) is 23.3 Å². The van der Waals surface area contributed by atoms with E-state index in [1.807, 2.05) is 18.7 Å². The average Bonchev–Trinajstić information content (AvgIpc) is 2.97. The van der Waals surface area contributed by atoms with E-state index in [1.165, 1.54) is 30.5 Å². The number of carbonyl (C=O) groups excluding carboxylic acids is 1. The van der Waals surface area contributed by atoms with Crippen LogP contribution in [-0.2, 0) is 19.6 Å². The molecule has 1 aliphatic heterocycles. The quantitative estimate of drug-likeness (QED) is 0.206. The lowest BCUT2D eigenvalue weighted by Gasteiger charge is -2.29. The number of non-ortho nitro benzene ring substituents is 1. The molecule has 1 N–H and O–H groups in total. The van der Waals surface area contributed by atoms with Crippen molar-refractivity contribution in [2.75, 3.05) is 48.7 Å². The molecule has 1 fully saturated rings. The van der Waals surface area contributed by atoms with Gasteiger partial charge in [0.15, 0.2) is 0 Å². The molecule has 3 aromatic rings. The minimum absolute atomic E-state index is 0.0278. The molecule has 41 heavy (non-hydrogen) atoms. The van der Waals surface area contributed by atoms with Gasteiger partial charge in [0.1, 0.15) is 12.3 Å². The van der Waals surface area contributed by atoms with E-state index in [0.29, 0.717) is 49.9 Å². The molecule has 1 aliphatic rings.